The van der Waals surface area contributed by atoms with Gasteiger partial charge in [-0.2, -0.15) is 10.4 Å². The SMILES string of the molecule is N#Cc1c(N)n[nH]c1CCCNC(=O)C(=O)Nc1ccccc1. The van der Waals surface area contributed by atoms with E-state index in [4.69, 9.17) is 11.0 Å². The maximum absolute atomic E-state index is 11.7. The lowest BCUT2D eigenvalue weighted by Gasteiger charge is -2.06. The fourth-order valence-electron chi connectivity index (χ4n) is 1.96. The molecule has 0 fully saturated rings. The molecular weight excluding hydrogens is 296 g/mol. The van der Waals surface area contributed by atoms with Gasteiger partial charge < -0.3 is 16.4 Å². The van der Waals surface area contributed by atoms with E-state index >= 15 is 0 Å². The summed E-state index contributed by atoms with van der Waals surface area (Å²) in [6.07, 6.45) is 1.04. The first-order chi connectivity index (χ1) is 11.1. The molecule has 0 unspecified atom stereocenters. The number of carbonyl (C=O) groups excluding carboxylic acids is 2. The minimum Gasteiger partial charge on any atom is -0.381 e. The van der Waals surface area contributed by atoms with Crippen molar-refractivity contribution in [1.82, 2.24) is 15.5 Å². The molecule has 0 atom stereocenters. The number of carbonyl (C=O) groups is 2. The third-order valence-electron chi connectivity index (χ3n) is 3.11. The number of hydrogen-bond donors (Lipinski definition) is 4. The highest BCUT2D eigenvalue weighted by atomic mass is 16.2. The molecular formula is C15H16N6O2. The summed E-state index contributed by atoms with van der Waals surface area (Å²) >= 11 is 0. The first kappa shape index (κ1) is 16.0. The van der Waals surface area contributed by atoms with Gasteiger partial charge in [0.1, 0.15) is 11.6 Å². The summed E-state index contributed by atoms with van der Waals surface area (Å²) in [6.45, 7) is 0.296. The van der Waals surface area contributed by atoms with Gasteiger partial charge in [-0.25, -0.2) is 0 Å². The van der Waals surface area contributed by atoms with Crippen molar-refractivity contribution in [2.24, 2.45) is 0 Å². The van der Waals surface area contributed by atoms with Crippen LogP contribution < -0.4 is 16.4 Å². The lowest BCUT2D eigenvalue weighted by Crippen LogP contribution is -2.36. The number of nitrogens with one attached hydrogen (secondary N) is 3. The van der Waals surface area contributed by atoms with Gasteiger partial charge in [0.2, 0.25) is 0 Å². The molecule has 0 radical (unpaired) electrons. The van der Waals surface area contributed by atoms with Gasteiger partial charge in [0, 0.05) is 12.2 Å². The Kier molecular flexibility index (Phi) is 5.30. The number of hydrogen-bond acceptors (Lipinski definition) is 5. The maximum atomic E-state index is 11.7. The lowest BCUT2D eigenvalue weighted by molar-refractivity contribution is -0.136. The minimum absolute atomic E-state index is 0.161. The van der Waals surface area contributed by atoms with E-state index < -0.39 is 11.8 Å². The molecule has 2 amide bonds. The number of nitriles is 1. The quantitative estimate of drug-likeness (QED) is 0.472. The van der Waals surface area contributed by atoms with Gasteiger partial charge in [-0.1, -0.05) is 18.2 Å². The van der Waals surface area contributed by atoms with E-state index in [1.54, 1.807) is 24.3 Å². The van der Waals surface area contributed by atoms with Gasteiger partial charge in [0.15, 0.2) is 5.82 Å². The van der Waals surface area contributed by atoms with Crippen LogP contribution >= 0.6 is 0 Å². The average Bonchev–Trinajstić information content (AvgIpc) is 2.92. The molecule has 118 valence electrons. The zero-order chi connectivity index (χ0) is 16.7. The van der Waals surface area contributed by atoms with Crippen molar-refractivity contribution >= 4 is 23.3 Å². The number of benzene rings is 1. The van der Waals surface area contributed by atoms with Crippen LogP contribution in [0.4, 0.5) is 11.5 Å². The monoisotopic (exact) mass is 312 g/mol. The van der Waals surface area contributed by atoms with E-state index in [1.807, 2.05) is 12.1 Å². The molecule has 1 aromatic heterocycles. The Morgan fingerprint density at radius 2 is 2.00 bits per heavy atom. The van der Waals surface area contributed by atoms with Gasteiger partial charge in [0.25, 0.3) is 0 Å². The molecule has 0 bridgehead atoms. The van der Waals surface area contributed by atoms with E-state index in [2.05, 4.69) is 20.8 Å². The molecule has 23 heavy (non-hydrogen) atoms. The van der Waals surface area contributed by atoms with E-state index in [0.717, 1.165) is 0 Å². The summed E-state index contributed by atoms with van der Waals surface area (Å²) in [6, 6.07) is 10.7. The first-order valence-corrected chi connectivity index (χ1v) is 6.99. The van der Waals surface area contributed by atoms with Crippen molar-refractivity contribution in [2.45, 2.75) is 12.8 Å². The van der Waals surface area contributed by atoms with Crippen molar-refractivity contribution in [1.29, 1.82) is 5.26 Å². The van der Waals surface area contributed by atoms with Gasteiger partial charge in [-0.3, -0.25) is 14.7 Å². The van der Waals surface area contributed by atoms with Gasteiger partial charge >= 0.3 is 11.8 Å². The number of para-hydroxylation sites is 1. The molecule has 8 nitrogen and oxygen atoms in total. The largest absolute Gasteiger partial charge is 0.381 e. The predicted octanol–water partition coefficient (Wildman–Crippen LogP) is 0.551. The summed E-state index contributed by atoms with van der Waals surface area (Å²) in [5, 5.41) is 20.4. The number of amides is 2. The Hall–Kier alpha value is -3.34. The molecule has 0 aliphatic rings. The molecule has 0 saturated carbocycles. The molecule has 0 saturated heterocycles. The fourth-order valence-corrected chi connectivity index (χ4v) is 1.96. The molecule has 5 N–H and O–H groups in total. The van der Waals surface area contributed by atoms with Gasteiger partial charge in [-0.15, -0.1) is 0 Å². The minimum atomic E-state index is -0.723. The predicted molar refractivity (Wildman–Crippen MR) is 84.1 cm³/mol. The summed E-state index contributed by atoms with van der Waals surface area (Å²) in [7, 11) is 0. The number of nitrogens with zero attached hydrogens (tertiary/aromatic N) is 2. The Morgan fingerprint density at radius 1 is 1.26 bits per heavy atom. The molecule has 2 aromatic rings. The zero-order valence-electron chi connectivity index (χ0n) is 12.3. The third kappa shape index (κ3) is 4.31. The number of aromatic nitrogens is 2. The van der Waals surface area contributed by atoms with Crippen LogP contribution in [0.1, 0.15) is 17.7 Å². The van der Waals surface area contributed by atoms with E-state index in [-0.39, 0.29) is 5.82 Å². The molecule has 2 rings (SSSR count). The van der Waals surface area contributed by atoms with Crippen molar-refractivity contribution < 1.29 is 9.59 Å². The van der Waals surface area contributed by atoms with Crippen LogP contribution in [0.5, 0.6) is 0 Å². The van der Waals surface area contributed by atoms with Crippen LogP contribution in [0.25, 0.3) is 0 Å². The molecule has 0 aliphatic carbocycles. The summed E-state index contributed by atoms with van der Waals surface area (Å²) in [4.78, 5) is 23.4. The second-order valence-corrected chi connectivity index (χ2v) is 4.75. The van der Waals surface area contributed by atoms with E-state index in [1.165, 1.54) is 0 Å². The highest BCUT2D eigenvalue weighted by Gasteiger charge is 2.13. The van der Waals surface area contributed by atoms with Gasteiger partial charge in [0.05, 0.1) is 5.69 Å². The number of nitrogens with two attached hydrogens (primary N) is 1. The standard InChI is InChI=1S/C15H16N6O2/c16-9-11-12(20-21-13(11)17)7-4-8-18-14(22)15(23)19-10-5-2-1-3-6-10/h1-3,5-6H,4,7-8H2,(H,18,22)(H,19,23)(H3,17,20,21). The lowest BCUT2D eigenvalue weighted by atomic mass is 10.1. The number of aromatic amines is 1. The fraction of sp³-hybridized carbons (Fsp3) is 0.200. The molecule has 8 heteroatoms. The molecule has 1 aromatic carbocycles. The average molecular weight is 312 g/mol. The summed E-state index contributed by atoms with van der Waals surface area (Å²) in [5.41, 5.74) is 7.02. The highest BCUT2D eigenvalue weighted by molar-refractivity contribution is 6.39. The topological polar surface area (TPSA) is 137 Å². The highest BCUT2D eigenvalue weighted by Crippen LogP contribution is 2.12. The van der Waals surface area contributed by atoms with Crippen LogP contribution in [0, 0.1) is 11.3 Å². The smallest absolute Gasteiger partial charge is 0.313 e. The van der Waals surface area contributed by atoms with E-state index in [9.17, 15) is 9.59 Å². The van der Waals surface area contributed by atoms with Crippen LogP contribution in [0.2, 0.25) is 0 Å². The second kappa shape index (κ2) is 7.61. The number of anilines is 2. The second-order valence-electron chi connectivity index (χ2n) is 4.75. The van der Waals surface area contributed by atoms with Crippen LogP contribution in [0.3, 0.4) is 0 Å². The van der Waals surface area contributed by atoms with Crippen LogP contribution in [0.15, 0.2) is 30.3 Å². The first-order valence-electron chi connectivity index (χ1n) is 6.99. The number of nitrogen functional groups attached to an aromatic ring is 1. The van der Waals surface area contributed by atoms with Crippen molar-refractivity contribution in [2.75, 3.05) is 17.6 Å². The molecule has 1 heterocycles. The van der Waals surface area contributed by atoms with Crippen molar-refractivity contribution in [3.8, 4) is 6.07 Å². The Balaban J connectivity index is 1.74. The van der Waals surface area contributed by atoms with Crippen LogP contribution in [-0.2, 0) is 16.0 Å². The summed E-state index contributed by atoms with van der Waals surface area (Å²) in [5.74, 6) is -1.27. The summed E-state index contributed by atoms with van der Waals surface area (Å²) < 4.78 is 0. The van der Waals surface area contributed by atoms with E-state index in [0.29, 0.717) is 36.3 Å². The number of H-pyrrole nitrogens is 1. The molecule has 0 aliphatic heterocycles. The Morgan fingerprint density at radius 3 is 2.70 bits per heavy atom. The Labute approximate surface area is 132 Å². The maximum Gasteiger partial charge on any atom is 0.313 e. The number of rotatable bonds is 5. The van der Waals surface area contributed by atoms with Crippen molar-refractivity contribution in [3.63, 3.8) is 0 Å². The zero-order valence-corrected chi connectivity index (χ0v) is 12.3. The Bertz CT molecular complexity index is 732. The third-order valence-corrected chi connectivity index (χ3v) is 3.11. The number of aryl methyl sites for hydroxylation is 1. The van der Waals surface area contributed by atoms with Crippen molar-refractivity contribution in [3.05, 3.63) is 41.6 Å². The van der Waals surface area contributed by atoms with Crippen LogP contribution in [-0.4, -0.2) is 28.6 Å². The van der Waals surface area contributed by atoms with Gasteiger partial charge in [-0.05, 0) is 25.0 Å². The molecule has 0 spiro atoms. The normalized spacial score (nSPS) is 9.87.